The van der Waals surface area contributed by atoms with E-state index in [0.29, 0.717) is 10.9 Å². The topological polar surface area (TPSA) is 37.3 Å². The lowest BCUT2D eigenvalue weighted by molar-refractivity contribution is -0.150. The maximum absolute atomic E-state index is 13.9. The molecule has 1 aromatic rings. The Bertz CT molecular complexity index is 427. The zero-order chi connectivity index (χ0) is 13.2. The average molecular weight is 259 g/mol. The van der Waals surface area contributed by atoms with Gasteiger partial charge in [-0.15, -0.1) is 0 Å². The Labute approximate surface area is 105 Å². The van der Waals surface area contributed by atoms with Crippen LogP contribution in [0.25, 0.3) is 0 Å². The second-order valence-corrected chi connectivity index (χ2v) is 5.12. The first kappa shape index (κ1) is 14.0. The van der Waals surface area contributed by atoms with Crippen LogP contribution in [0.15, 0.2) is 18.2 Å². The molecule has 4 heteroatoms. The van der Waals surface area contributed by atoms with Crippen LogP contribution in [0.2, 0.25) is 5.02 Å². The Hall–Kier alpha value is -1.09. The van der Waals surface area contributed by atoms with Crippen molar-refractivity contribution < 1.29 is 14.3 Å². The van der Waals surface area contributed by atoms with Gasteiger partial charge in [-0.1, -0.05) is 37.6 Å². The first-order chi connectivity index (χ1) is 7.75. The van der Waals surface area contributed by atoms with Crippen LogP contribution >= 0.6 is 11.6 Å². The van der Waals surface area contributed by atoms with E-state index < -0.39 is 11.6 Å². The molecule has 94 valence electrons. The SMILES string of the molecule is CC(C)Cc1ccc(C(C)(F)C(=O)O)cc1Cl. The lowest BCUT2D eigenvalue weighted by atomic mass is 9.95. The molecular formula is C13H16ClFO2. The third-order valence-electron chi connectivity index (χ3n) is 2.62. The van der Waals surface area contributed by atoms with Gasteiger partial charge in [-0.3, -0.25) is 0 Å². The van der Waals surface area contributed by atoms with Crippen molar-refractivity contribution in [1.82, 2.24) is 0 Å². The maximum Gasteiger partial charge on any atom is 0.345 e. The van der Waals surface area contributed by atoms with Gasteiger partial charge in [-0.25, -0.2) is 9.18 Å². The van der Waals surface area contributed by atoms with Crippen LogP contribution in [0.4, 0.5) is 4.39 Å². The molecule has 2 nitrogen and oxygen atoms in total. The predicted octanol–water partition coefficient (Wildman–Crippen LogP) is 3.81. The van der Waals surface area contributed by atoms with Gasteiger partial charge in [0.25, 0.3) is 0 Å². The molecule has 0 saturated heterocycles. The van der Waals surface area contributed by atoms with Gasteiger partial charge in [0.2, 0.25) is 5.67 Å². The van der Waals surface area contributed by atoms with Crippen molar-refractivity contribution in [3.63, 3.8) is 0 Å². The maximum atomic E-state index is 13.9. The number of hydrogen-bond acceptors (Lipinski definition) is 1. The first-order valence-electron chi connectivity index (χ1n) is 5.46. The third kappa shape index (κ3) is 3.19. The molecule has 17 heavy (non-hydrogen) atoms. The normalized spacial score (nSPS) is 14.7. The molecule has 1 N–H and O–H groups in total. The van der Waals surface area contributed by atoms with Gasteiger partial charge in [0.05, 0.1) is 0 Å². The van der Waals surface area contributed by atoms with Crippen molar-refractivity contribution in [2.45, 2.75) is 32.9 Å². The van der Waals surface area contributed by atoms with E-state index in [4.69, 9.17) is 16.7 Å². The fourth-order valence-corrected chi connectivity index (χ4v) is 1.83. The van der Waals surface area contributed by atoms with Gasteiger partial charge in [-0.05, 0) is 30.9 Å². The van der Waals surface area contributed by atoms with E-state index in [1.54, 1.807) is 6.07 Å². The lowest BCUT2D eigenvalue weighted by Gasteiger charge is -2.17. The lowest BCUT2D eigenvalue weighted by Crippen LogP contribution is -2.26. The fraction of sp³-hybridized carbons (Fsp3) is 0.462. The zero-order valence-electron chi connectivity index (χ0n) is 10.1. The van der Waals surface area contributed by atoms with Gasteiger partial charge in [-0.2, -0.15) is 0 Å². The predicted molar refractivity (Wildman–Crippen MR) is 66.1 cm³/mol. The highest BCUT2D eigenvalue weighted by atomic mass is 35.5. The van der Waals surface area contributed by atoms with E-state index in [2.05, 4.69) is 13.8 Å². The number of carbonyl (C=O) groups is 1. The van der Waals surface area contributed by atoms with Crippen LogP contribution in [0.3, 0.4) is 0 Å². The molecule has 0 saturated carbocycles. The first-order valence-corrected chi connectivity index (χ1v) is 5.84. The van der Waals surface area contributed by atoms with E-state index >= 15 is 0 Å². The molecule has 1 rings (SSSR count). The number of carboxylic acids is 1. The highest BCUT2D eigenvalue weighted by Gasteiger charge is 2.35. The van der Waals surface area contributed by atoms with Crippen LogP contribution in [0, 0.1) is 5.92 Å². The van der Waals surface area contributed by atoms with E-state index in [1.807, 2.05) is 0 Å². The molecule has 0 aliphatic rings. The van der Waals surface area contributed by atoms with Crippen LogP contribution in [-0.4, -0.2) is 11.1 Å². The average Bonchev–Trinajstić information content (AvgIpc) is 2.20. The standard InChI is InChI=1S/C13H16ClFO2/c1-8(2)6-9-4-5-10(7-11(9)14)13(3,15)12(16)17/h4-5,7-8H,6H2,1-3H3,(H,16,17). The van der Waals surface area contributed by atoms with Crippen molar-refractivity contribution in [2.24, 2.45) is 5.92 Å². The molecule has 0 heterocycles. The van der Waals surface area contributed by atoms with Gasteiger partial charge in [0, 0.05) is 10.6 Å². The minimum atomic E-state index is -2.40. The number of rotatable bonds is 4. The van der Waals surface area contributed by atoms with Crippen molar-refractivity contribution in [3.05, 3.63) is 34.3 Å². The highest BCUT2D eigenvalue weighted by molar-refractivity contribution is 6.31. The zero-order valence-corrected chi connectivity index (χ0v) is 10.9. The second-order valence-electron chi connectivity index (χ2n) is 4.71. The Morgan fingerprint density at radius 2 is 2.12 bits per heavy atom. The fourth-order valence-electron chi connectivity index (χ4n) is 1.57. The summed E-state index contributed by atoms with van der Waals surface area (Å²) in [4.78, 5) is 10.8. The van der Waals surface area contributed by atoms with Crippen molar-refractivity contribution in [3.8, 4) is 0 Å². The molecule has 1 aromatic carbocycles. The largest absolute Gasteiger partial charge is 0.479 e. The Morgan fingerprint density at radius 1 is 1.53 bits per heavy atom. The van der Waals surface area contributed by atoms with Crippen LogP contribution in [-0.2, 0) is 16.9 Å². The van der Waals surface area contributed by atoms with Crippen LogP contribution in [0.5, 0.6) is 0 Å². The number of halogens is 2. The summed E-state index contributed by atoms with van der Waals surface area (Å²) in [5.74, 6) is -1.07. The molecular weight excluding hydrogens is 243 g/mol. The molecule has 0 radical (unpaired) electrons. The number of hydrogen-bond donors (Lipinski definition) is 1. The third-order valence-corrected chi connectivity index (χ3v) is 2.98. The van der Waals surface area contributed by atoms with Crippen LogP contribution < -0.4 is 0 Å². The summed E-state index contributed by atoms with van der Waals surface area (Å²) in [7, 11) is 0. The van der Waals surface area contributed by atoms with Gasteiger partial charge >= 0.3 is 5.97 Å². The van der Waals surface area contributed by atoms with Crippen molar-refractivity contribution >= 4 is 17.6 Å². The van der Waals surface area contributed by atoms with Gasteiger partial charge in [0.1, 0.15) is 0 Å². The van der Waals surface area contributed by atoms with E-state index in [1.165, 1.54) is 12.1 Å². The number of alkyl halides is 1. The Kier molecular flexibility index (Phi) is 4.15. The minimum absolute atomic E-state index is 0.0718. The monoisotopic (exact) mass is 258 g/mol. The van der Waals surface area contributed by atoms with Gasteiger partial charge < -0.3 is 5.11 Å². The van der Waals surface area contributed by atoms with E-state index in [-0.39, 0.29) is 5.56 Å². The number of carboxylic acid groups (broad SMARTS) is 1. The molecule has 1 unspecified atom stereocenters. The summed E-state index contributed by atoms with van der Waals surface area (Å²) >= 11 is 6.02. The molecule has 0 bridgehead atoms. The molecule has 0 amide bonds. The summed E-state index contributed by atoms with van der Waals surface area (Å²) in [5.41, 5.74) is -1.42. The minimum Gasteiger partial charge on any atom is -0.479 e. The van der Waals surface area contributed by atoms with Gasteiger partial charge in [0.15, 0.2) is 0 Å². The van der Waals surface area contributed by atoms with E-state index in [0.717, 1.165) is 18.9 Å². The summed E-state index contributed by atoms with van der Waals surface area (Å²) < 4.78 is 13.9. The molecule has 0 spiro atoms. The van der Waals surface area contributed by atoms with Crippen LogP contribution in [0.1, 0.15) is 31.9 Å². The molecule has 0 fully saturated rings. The summed E-state index contributed by atoms with van der Waals surface area (Å²) in [5, 5.41) is 9.20. The van der Waals surface area contributed by atoms with Crippen molar-refractivity contribution in [1.29, 1.82) is 0 Å². The van der Waals surface area contributed by atoms with E-state index in [9.17, 15) is 9.18 Å². The molecule has 0 aliphatic heterocycles. The molecule has 0 aromatic heterocycles. The Morgan fingerprint density at radius 3 is 2.53 bits per heavy atom. The summed E-state index contributed by atoms with van der Waals surface area (Å²) in [6.07, 6.45) is 0.787. The summed E-state index contributed by atoms with van der Waals surface area (Å²) in [6, 6.07) is 4.57. The number of aliphatic carboxylic acids is 1. The second kappa shape index (κ2) is 5.05. The Balaban J connectivity index is 3.08. The molecule has 1 atom stereocenters. The number of benzene rings is 1. The smallest absolute Gasteiger partial charge is 0.345 e. The highest BCUT2D eigenvalue weighted by Crippen LogP contribution is 2.30. The summed E-state index contributed by atoms with van der Waals surface area (Å²) in [6.45, 7) is 5.13. The molecule has 0 aliphatic carbocycles. The van der Waals surface area contributed by atoms with Crippen molar-refractivity contribution in [2.75, 3.05) is 0 Å². The quantitative estimate of drug-likeness (QED) is 0.892.